The van der Waals surface area contributed by atoms with Gasteiger partial charge in [-0.1, -0.05) is 18.3 Å². The molecule has 0 saturated carbocycles. The number of halogens is 1. The van der Waals surface area contributed by atoms with Crippen molar-refractivity contribution in [3.05, 3.63) is 29.0 Å². The molecule has 11 heteroatoms. The van der Waals surface area contributed by atoms with Gasteiger partial charge in [-0.3, -0.25) is 10.1 Å². The Morgan fingerprint density at radius 3 is 2.48 bits per heavy atom. The Morgan fingerprint density at radius 1 is 1.18 bits per heavy atom. The van der Waals surface area contributed by atoms with Crippen LogP contribution in [0.4, 0.5) is 15.9 Å². The molecule has 0 spiro atoms. The van der Waals surface area contributed by atoms with Gasteiger partial charge in [-0.25, -0.2) is 19.7 Å². The first-order valence-electron chi connectivity index (χ1n) is 10.8. The summed E-state index contributed by atoms with van der Waals surface area (Å²) in [5, 5.41) is 15.6. The third-order valence-electron chi connectivity index (χ3n) is 6.11. The smallest absolute Gasteiger partial charge is 0.321 e. The summed E-state index contributed by atoms with van der Waals surface area (Å²) in [5.74, 6) is -0.107. The van der Waals surface area contributed by atoms with Gasteiger partial charge in [0, 0.05) is 42.1 Å². The Labute approximate surface area is 203 Å². The fraction of sp³-hybridized carbons (Fsp3) is 0.409. The lowest BCUT2D eigenvalue weighted by Crippen LogP contribution is -2.44. The number of carboxylic acids is 1. The molecule has 33 heavy (non-hydrogen) atoms. The molecule has 0 unspecified atom stereocenters. The number of carbonyl (C=O) groups excluding carboxylic acids is 1. The van der Waals surface area contributed by atoms with Crippen molar-refractivity contribution in [2.75, 3.05) is 29.9 Å². The maximum Gasteiger partial charge on any atom is 0.321 e. The van der Waals surface area contributed by atoms with E-state index >= 15 is 0 Å². The lowest BCUT2D eigenvalue weighted by molar-refractivity contribution is -0.150. The van der Waals surface area contributed by atoms with E-state index in [2.05, 4.69) is 41.5 Å². The monoisotopic (exact) mass is 532 g/mol. The molecule has 1 fully saturated rings. The molecule has 3 aromatic rings. The molecule has 2 amide bonds. The van der Waals surface area contributed by atoms with Crippen molar-refractivity contribution in [2.24, 2.45) is 5.41 Å². The predicted molar refractivity (Wildman–Crippen MR) is 133 cm³/mol. The number of anilines is 2. The van der Waals surface area contributed by atoms with Gasteiger partial charge in [-0.05, 0) is 59.8 Å². The van der Waals surface area contributed by atoms with Crippen LogP contribution in [0.3, 0.4) is 0 Å². The van der Waals surface area contributed by atoms with Gasteiger partial charge >= 0.3 is 12.0 Å². The maximum atomic E-state index is 11.8. The minimum atomic E-state index is -0.715. The largest absolute Gasteiger partial charge is 0.481 e. The number of carbonyl (C=O) groups is 2. The number of amides is 2. The normalized spacial score (nSPS) is 15.4. The van der Waals surface area contributed by atoms with Crippen LogP contribution in [0.1, 0.15) is 33.1 Å². The summed E-state index contributed by atoms with van der Waals surface area (Å²) in [4.78, 5) is 39.1. The van der Waals surface area contributed by atoms with Gasteiger partial charge < -0.3 is 15.3 Å². The zero-order chi connectivity index (χ0) is 23.6. The highest BCUT2D eigenvalue weighted by atomic mass is 79.9. The molecule has 0 aliphatic carbocycles. The molecule has 1 saturated heterocycles. The highest BCUT2D eigenvalue weighted by Crippen LogP contribution is 2.37. The van der Waals surface area contributed by atoms with E-state index in [1.165, 1.54) is 11.3 Å². The summed E-state index contributed by atoms with van der Waals surface area (Å²) >= 11 is 5.00. The molecule has 1 aliphatic heterocycles. The number of benzene rings is 1. The fourth-order valence-electron chi connectivity index (χ4n) is 4.00. The minimum Gasteiger partial charge on any atom is -0.481 e. The molecule has 4 rings (SSSR count). The van der Waals surface area contributed by atoms with Crippen LogP contribution in [0.5, 0.6) is 0 Å². The number of nitrogens with one attached hydrogen (secondary N) is 2. The van der Waals surface area contributed by atoms with Gasteiger partial charge in [0.25, 0.3) is 0 Å². The summed E-state index contributed by atoms with van der Waals surface area (Å²) in [7, 11) is 0. The molecule has 1 aliphatic rings. The molecule has 2 aromatic heterocycles. The average molecular weight is 533 g/mol. The van der Waals surface area contributed by atoms with Crippen molar-refractivity contribution >= 4 is 60.6 Å². The van der Waals surface area contributed by atoms with E-state index in [0.29, 0.717) is 50.0 Å². The number of carboxylic acid groups (broad SMARTS) is 1. The highest BCUT2D eigenvalue weighted by Gasteiger charge is 2.40. The molecule has 9 nitrogen and oxygen atoms in total. The standard InChI is InChI=1S/C22H25BrN6O3S/c1-3-22(18(30)31)5-7-29(8-6-22)19-25-11-14(12-26-19)13-9-15(23)17-16(10-13)27-21(33-17)28-20(32)24-4-2/h9-12H,3-8H2,1-2H3,(H,30,31)(H2,24,27,28,32). The number of aliphatic carboxylic acids is 1. The lowest BCUT2D eigenvalue weighted by atomic mass is 9.76. The first kappa shape index (κ1) is 23.4. The maximum absolute atomic E-state index is 11.8. The van der Waals surface area contributed by atoms with Crippen LogP contribution < -0.4 is 15.5 Å². The summed E-state index contributed by atoms with van der Waals surface area (Å²) in [6, 6.07) is 3.65. The van der Waals surface area contributed by atoms with E-state index in [1.807, 2.05) is 30.9 Å². The minimum absolute atomic E-state index is 0.283. The molecule has 0 bridgehead atoms. The third-order valence-corrected chi connectivity index (χ3v) is 8.02. The Morgan fingerprint density at radius 2 is 1.88 bits per heavy atom. The van der Waals surface area contributed by atoms with Crippen molar-refractivity contribution in [3.63, 3.8) is 0 Å². The molecule has 3 N–H and O–H groups in total. The number of urea groups is 1. The van der Waals surface area contributed by atoms with Crippen LogP contribution in [0.25, 0.3) is 21.3 Å². The van der Waals surface area contributed by atoms with Crippen molar-refractivity contribution in [2.45, 2.75) is 33.1 Å². The average Bonchev–Trinajstić information content (AvgIpc) is 3.22. The number of hydrogen-bond donors (Lipinski definition) is 3. The van der Waals surface area contributed by atoms with Crippen molar-refractivity contribution in [1.82, 2.24) is 20.3 Å². The Bertz CT molecular complexity index is 1170. The molecule has 0 atom stereocenters. The van der Waals surface area contributed by atoms with Crippen molar-refractivity contribution < 1.29 is 14.7 Å². The number of nitrogens with zero attached hydrogens (tertiary/aromatic N) is 4. The number of piperidine rings is 1. The van der Waals surface area contributed by atoms with Crippen molar-refractivity contribution in [1.29, 1.82) is 0 Å². The molecular weight excluding hydrogens is 508 g/mol. The number of hydrogen-bond acceptors (Lipinski definition) is 7. The first-order chi connectivity index (χ1) is 15.8. The predicted octanol–water partition coefficient (Wildman–Crippen LogP) is 4.74. The zero-order valence-electron chi connectivity index (χ0n) is 18.4. The second-order valence-corrected chi connectivity index (χ2v) is 9.86. The summed E-state index contributed by atoms with van der Waals surface area (Å²) in [5.41, 5.74) is 1.88. The van der Waals surface area contributed by atoms with Crippen LogP contribution in [-0.2, 0) is 4.79 Å². The first-order valence-corrected chi connectivity index (χ1v) is 12.4. The van der Waals surface area contributed by atoms with E-state index in [-0.39, 0.29) is 6.03 Å². The molecule has 0 radical (unpaired) electrons. The van der Waals surface area contributed by atoms with Gasteiger partial charge in [0.05, 0.1) is 15.6 Å². The van der Waals surface area contributed by atoms with E-state index < -0.39 is 11.4 Å². The zero-order valence-corrected chi connectivity index (χ0v) is 20.8. The molecule has 174 valence electrons. The second-order valence-electron chi connectivity index (χ2n) is 8.01. The Balaban J connectivity index is 1.51. The lowest BCUT2D eigenvalue weighted by Gasteiger charge is -2.38. The number of fused-ring (bicyclic) bond motifs is 1. The van der Waals surface area contributed by atoms with E-state index in [1.54, 1.807) is 12.4 Å². The van der Waals surface area contributed by atoms with E-state index in [9.17, 15) is 14.7 Å². The molecular formula is C22H25BrN6O3S. The van der Waals surface area contributed by atoms with Gasteiger partial charge in [0.2, 0.25) is 5.95 Å². The van der Waals surface area contributed by atoms with Crippen LogP contribution in [0, 0.1) is 5.41 Å². The molecule has 3 heterocycles. The number of aromatic nitrogens is 3. The Kier molecular flexibility index (Phi) is 6.80. The van der Waals surface area contributed by atoms with Gasteiger partial charge in [0.15, 0.2) is 5.13 Å². The summed E-state index contributed by atoms with van der Waals surface area (Å²) in [6.07, 6.45) is 5.35. The van der Waals surface area contributed by atoms with Crippen LogP contribution in [-0.4, -0.2) is 51.7 Å². The molecule has 1 aromatic carbocycles. The van der Waals surface area contributed by atoms with Gasteiger partial charge in [0.1, 0.15) is 0 Å². The fourth-order valence-corrected chi connectivity index (χ4v) is 5.54. The quantitative estimate of drug-likeness (QED) is 0.419. The van der Waals surface area contributed by atoms with E-state index in [4.69, 9.17) is 0 Å². The highest BCUT2D eigenvalue weighted by molar-refractivity contribution is 9.10. The van der Waals surface area contributed by atoms with Gasteiger partial charge in [-0.15, -0.1) is 0 Å². The van der Waals surface area contributed by atoms with Crippen molar-refractivity contribution in [3.8, 4) is 11.1 Å². The summed E-state index contributed by atoms with van der Waals surface area (Å²) in [6.45, 7) is 5.57. The SMILES string of the molecule is CCNC(=O)Nc1nc2cc(-c3cnc(N4CCC(CC)(C(=O)O)CC4)nc3)cc(Br)c2s1. The van der Waals surface area contributed by atoms with Gasteiger partial charge in [-0.2, -0.15) is 0 Å². The number of thiazole rings is 1. The Hall–Kier alpha value is -2.79. The van der Waals surface area contributed by atoms with Crippen LogP contribution in [0.15, 0.2) is 29.0 Å². The summed E-state index contributed by atoms with van der Waals surface area (Å²) < 4.78 is 1.82. The van der Waals surface area contributed by atoms with Crippen LogP contribution >= 0.6 is 27.3 Å². The third kappa shape index (κ3) is 4.79. The van der Waals surface area contributed by atoms with Crippen LogP contribution in [0.2, 0.25) is 0 Å². The second kappa shape index (κ2) is 9.60. The number of rotatable bonds is 6. The van der Waals surface area contributed by atoms with E-state index in [0.717, 1.165) is 25.8 Å². The topological polar surface area (TPSA) is 120 Å².